The smallest absolute Gasteiger partial charge is 0.306 e. The molecule has 0 unspecified atom stereocenters. The molecule has 9 heteroatoms. The van der Waals surface area contributed by atoms with Crippen LogP contribution < -0.4 is 4.72 Å². The molecule has 2 N–H and O–H groups in total. The van der Waals surface area contributed by atoms with Gasteiger partial charge >= 0.3 is 5.97 Å². The molecule has 0 amide bonds. The van der Waals surface area contributed by atoms with E-state index in [0.29, 0.717) is 32.1 Å². The summed E-state index contributed by atoms with van der Waals surface area (Å²) < 4.78 is 51.4. The van der Waals surface area contributed by atoms with Crippen LogP contribution in [0.2, 0.25) is 0 Å². The highest BCUT2D eigenvalue weighted by molar-refractivity contribution is 7.91. The lowest BCUT2D eigenvalue weighted by Gasteiger charge is -2.26. The number of carbonyl (C=O) groups is 1. The second-order valence-corrected chi connectivity index (χ2v) is 10.1. The van der Waals surface area contributed by atoms with Crippen LogP contribution in [0.25, 0.3) is 0 Å². The number of rotatable bonds is 7. The van der Waals surface area contributed by atoms with Gasteiger partial charge in [0.25, 0.3) is 0 Å². The highest BCUT2D eigenvalue weighted by Gasteiger charge is 2.29. The minimum Gasteiger partial charge on any atom is -0.481 e. The summed E-state index contributed by atoms with van der Waals surface area (Å²) in [5.41, 5.74) is 0. The Morgan fingerprint density at radius 2 is 1.56 bits per heavy atom. The van der Waals surface area contributed by atoms with E-state index in [0.717, 1.165) is 0 Å². The SMILES string of the molecule is CCCS(=O)(=O)c1ccc(S(=O)(=O)NC2CCC(C(=O)O)CC2)cc1. The topological polar surface area (TPSA) is 118 Å². The minimum atomic E-state index is -3.76. The normalized spacial score (nSPS) is 21.8. The van der Waals surface area contributed by atoms with Crippen LogP contribution in [-0.2, 0) is 24.7 Å². The Balaban J connectivity index is 2.06. The average Bonchev–Trinajstić information content (AvgIpc) is 2.55. The molecule has 0 aliphatic heterocycles. The number of carboxylic acid groups (broad SMARTS) is 1. The third-order valence-electron chi connectivity index (χ3n) is 4.36. The van der Waals surface area contributed by atoms with Gasteiger partial charge in [0.1, 0.15) is 0 Å². The Morgan fingerprint density at radius 1 is 1.04 bits per heavy atom. The molecule has 140 valence electrons. The largest absolute Gasteiger partial charge is 0.481 e. The zero-order chi connectivity index (χ0) is 18.7. The second-order valence-electron chi connectivity index (χ2n) is 6.30. The molecule has 1 fully saturated rings. The van der Waals surface area contributed by atoms with Gasteiger partial charge in [0, 0.05) is 6.04 Å². The number of benzene rings is 1. The van der Waals surface area contributed by atoms with Crippen LogP contribution in [0, 0.1) is 5.92 Å². The third-order valence-corrected chi connectivity index (χ3v) is 7.84. The van der Waals surface area contributed by atoms with Crippen LogP contribution in [0.4, 0.5) is 0 Å². The molecule has 0 bridgehead atoms. The predicted octanol–water partition coefficient (Wildman–Crippen LogP) is 1.79. The van der Waals surface area contributed by atoms with Gasteiger partial charge in [-0.3, -0.25) is 4.79 Å². The predicted molar refractivity (Wildman–Crippen MR) is 92.5 cm³/mol. The summed E-state index contributed by atoms with van der Waals surface area (Å²) in [6.45, 7) is 1.76. The molecular weight excluding hydrogens is 366 g/mol. The molecule has 25 heavy (non-hydrogen) atoms. The molecule has 0 heterocycles. The van der Waals surface area contributed by atoms with E-state index in [2.05, 4.69) is 4.72 Å². The molecule has 0 saturated heterocycles. The first-order chi connectivity index (χ1) is 11.7. The van der Waals surface area contributed by atoms with E-state index < -0.39 is 31.7 Å². The highest BCUT2D eigenvalue weighted by Crippen LogP contribution is 2.26. The molecule has 0 spiro atoms. The molecule has 1 aliphatic carbocycles. The van der Waals surface area contributed by atoms with E-state index in [1.165, 1.54) is 24.3 Å². The van der Waals surface area contributed by atoms with Crippen molar-refractivity contribution in [1.29, 1.82) is 0 Å². The number of aliphatic carboxylic acids is 1. The van der Waals surface area contributed by atoms with E-state index >= 15 is 0 Å². The van der Waals surface area contributed by atoms with Gasteiger partial charge in [0.15, 0.2) is 9.84 Å². The number of sulfonamides is 1. The van der Waals surface area contributed by atoms with E-state index in [1.807, 2.05) is 0 Å². The van der Waals surface area contributed by atoms with Crippen LogP contribution in [-0.4, -0.2) is 39.7 Å². The first-order valence-corrected chi connectivity index (χ1v) is 11.4. The van der Waals surface area contributed by atoms with Gasteiger partial charge in [0.05, 0.1) is 21.5 Å². The molecule has 2 rings (SSSR count). The Hall–Kier alpha value is -1.45. The summed E-state index contributed by atoms with van der Waals surface area (Å²) in [4.78, 5) is 11.0. The van der Waals surface area contributed by atoms with Crippen LogP contribution in [0.15, 0.2) is 34.1 Å². The lowest BCUT2D eigenvalue weighted by Crippen LogP contribution is -2.38. The Kier molecular flexibility index (Phi) is 6.23. The van der Waals surface area contributed by atoms with Gasteiger partial charge in [-0.05, 0) is 56.4 Å². The summed E-state index contributed by atoms with van der Waals surface area (Å²) in [7, 11) is -7.15. The first-order valence-electron chi connectivity index (χ1n) is 8.23. The average molecular weight is 389 g/mol. The van der Waals surface area contributed by atoms with Gasteiger partial charge in [0.2, 0.25) is 10.0 Å². The fourth-order valence-electron chi connectivity index (χ4n) is 2.96. The number of nitrogens with one attached hydrogen (secondary N) is 1. The maximum atomic E-state index is 12.4. The lowest BCUT2D eigenvalue weighted by atomic mass is 9.87. The maximum absolute atomic E-state index is 12.4. The summed E-state index contributed by atoms with van der Waals surface area (Å²) in [5.74, 6) is -1.24. The van der Waals surface area contributed by atoms with Gasteiger partial charge in [-0.15, -0.1) is 0 Å². The Morgan fingerprint density at radius 3 is 2.04 bits per heavy atom. The second kappa shape index (κ2) is 7.84. The monoisotopic (exact) mass is 389 g/mol. The van der Waals surface area contributed by atoms with E-state index in [1.54, 1.807) is 6.92 Å². The van der Waals surface area contributed by atoms with Crippen molar-refractivity contribution in [2.75, 3.05) is 5.75 Å². The highest BCUT2D eigenvalue weighted by atomic mass is 32.2. The zero-order valence-electron chi connectivity index (χ0n) is 14.0. The summed E-state index contributed by atoms with van der Waals surface area (Å²) in [5, 5.41) is 8.98. The van der Waals surface area contributed by atoms with Crippen molar-refractivity contribution in [3.05, 3.63) is 24.3 Å². The molecule has 1 saturated carbocycles. The van der Waals surface area contributed by atoms with Gasteiger partial charge in [-0.2, -0.15) is 0 Å². The van der Waals surface area contributed by atoms with Crippen LogP contribution in [0.3, 0.4) is 0 Å². The number of sulfone groups is 1. The lowest BCUT2D eigenvalue weighted by molar-refractivity contribution is -0.142. The number of carboxylic acids is 1. The van der Waals surface area contributed by atoms with Crippen molar-refractivity contribution in [2.24, 2.45) is 5.92 Å². The van der Waals surface area contributed by atoms with Crippen LogP contribution in [0.5, 0.6) is 0 Å². The molecule has 0 radical (unpaired) electrons. The quantitative estimate of drug-likeness (QED) is 0.734. The van der Waals surface area contributed by atoms with Crippen molar-refractivity contribution in [2.45, 2.75) is 54.9 Å². The fourth-order valence-corrected chi connectivity index (χ4v) is 5.59. The maximum Gasteiger partial charge on any atom is 0.306 e. The number of hydrogen-bond donors (Lipinski definition) is 2. The van der Waals surface area contributed by atoms with Crippen molar-refractivity contribution in [3.63, 3.8) is 0 Å². The third kappa shape index (κ3) is 5.02. The van der Waals surface area contributed by atoms with Crippen LogP contribution in [0.1, 0.15) is 39.0 Å². The zero-order valence-corrected chi connectivity index (χ0v) is 15.6. The van der Waals surface area contributed by atoms with Crippen molar-refractivity contribution in [3.8, 4) is 0 Å². The molecule has 1 aliphatic rings. The Bertz CT molecular complexity index is 807. The molecular formula is C16H23NO6S2. The standard InChI is InChI=1S/C16H23NO6S2/c1-2-11-24(20,21)14-7-9-15(10-8-14)25(22,23)17-13-5-3-12(4-6-13)16(18)19/h7-10,12-13,17H,2-6,11H2,1H3,(H,18,19). The summed E-state index contributed by atoms with van der Waals surface area (Å²) >= 11 is 0. The Labute approximate surface area is 148 Å². The molecule has 1 aromatic carbocycles. The van der Waals surface area contributed by atoms with E-state index in [-0.39, 0.29) is 21.6 Å². The molecule has 0 aromatic heterocycles. The van der Waals surface area contributed by atoms with E-state index in [4.69, 9.17) is 5.11 Å². The van der Waals surface area contributed by atoms with Crippen molar-refractivity contribution in [1.82, 2.24) is 4.72 Å². The summed E-state index contributed by atoms with van der Waals surface area (Å²) in [6.07, 6.45) is 2.31. The van der Waals surface area contributed by atoms with Gasteiger partial charge < -0.3 is 5.11 Å². The van der Waals surface area contributed by atoms with Gasteiger partial charge in [-0.1, -0.05) is 6.92 Å². The van der Waals surface area contributed by atoms with Gasteiger partial charge in [-0.25, -0.2) is 21.6 Å². The van der Waals surface area contributed by atoms with Crippen molar-refractivity contribution < 1.29 is 26.7 Å². The fraction of sp³-hybridized carbons (Fsp3) is 0.562. The molecule has 0 atom stereocenters. The minimum absolute atomic E-state index is 0.00306. The van der Waals surface area contributed by atoms with Crippen molar-refractivity contribution >= 4 is 25.8 Å². The molecule has 7 nitrogen and oxygen atoms in total. The van der Waals surface area contributed by atoms with E-state index in [9.17, 15) is 21.6 Å². The first kappa shape index (κ1) is 19.9. The summed E-state index contributed by atoms with van der Waals surface area (Å²) in [6, 6.07) is 4.88. The van der Waals surface area contributed by atoms with Crippen LogP contribution >= 0.6 is 0 Å². The molecule has 1 aromatic rings. The number of hydrogen-bond acceptors (Lipinski definition) is 5.